The van der Waals surface area contributed by atoms with Gasteiger partial charge in [-0.25, -0.2) is 0 Å². The molecule has 0 aliphatic carbocycles. The molecule has 0 fully saturated rings. The van der Waals surface area contributed by atoms with Crippen molar-refractivity contribution in [1.29, 1.82) is 0 Å². The number of hydrogen-bond donors (Lipinski definition) is 4. The quantitative estimate of drug-likeness (QED) is 0.106. The zero-order valence-electron chi connectivity index (χ0n) is 30.9. The van der Waals surface area contributed by atoms with Crippen LogP contribution in [0.4, 0.5) is 0 Å². The van der Waals surface area contributed by atoms with Gasteiger partial charge in [-0.3, -0.25) is 10.6 Å². The number of benzene rings is 7. The Kier molecular flexibility index (Phi) is 8.77. The van der Waals surface area contributed by atoms with Crippen molar-refractivity contribution in [2.45, 2.75) is 18.4 Å². The van der Waals surface area contributed by atoms with Crippen LogP contribution in [0.15, 0.2) is 194 Å². The van der Waals surface area contributed by atoms with E-state index in [-0.39, 0.29) is 18.4 Å². The van der Waals surface area contributed by atoms with Gasteiger partial charge < -0.3 is 20.2 Å². The van der Waals surface area contributed by atoms with E-state index in [2.05, 4.69) is 189 Å². The Labute approximate surface area is 326 Å². The van der Waals surface area contributed by atoms with Crippen molar-refractivity contribution >= 4 is 43.6 Å². The van der Waals surface area contributed by atoms with Crippen LogP contribution in [-0.4, -0.2) is 21.7 Å². The lowest BCUT2D eigenvalue weighted by molar-refractivity contribution is 0.378. The minimum atomic E-state index is -0.354. The number of nitrogens with one attached hydrogen (secondary N) is 3. The van der Waals surface area contributed by atoms with Gasteiger partial charge in [0, 0.05) is 39.5 Å². The molecule has 6 heteroatoms. The summed E-state index contributed by atoms with van der Waals surface area (Å²) in [5.41, 5.74) is 18.3. The summed E-state index contributed by atoms with van der Waals surface area (Å²) in [6, 6.07) is 61.0. The Morgan fingerprint density at radius 3 is 1.71 bits per heavy atom. The average molecular weight is 727 g/mol. The van der Waals surface area contributed by atoms with E-state index in [1.54, 1.807) is 0 Å². The Morgan fingerprint density at radius 2 is 1.07 bits per heavy atom. The fourth-order valence-corrected chi connectivity index (χ4v) is 8.35. The van der Waals surface area contributed by atoms with Crippen LogP contribution in [0.5, 0.6) is 0 Å². The van der Waals surface area contributed by atoms with Crippen molar-refractivity contribution in [2.24, 2.45) is 5.73 Å². The van der Waals surface area contributed by atoms with Gasteiger partial charge in [0.25, 0.3) is 0 Å². The van der Waals surface area contributed by atoms with E-state index in [4.69, 9.17) is 5.73 Å². The second-order valence-electron chi connectivity index (χ2n) is 14.5. The van der Waals surface area contributed by atoms with Gasteiger partial charge in [0.15, 0.2) is 0 Å². The van der Waals surface area contributed by atoms with Gasteiger partial charge in [-0.1, -0.05) is 121 Å². The Bertz CT molecular complexity index is 2900. The number of nitrogens with zero attached hydrogens (tertiary/aromatic N) is 2. The molecule has 0 radical (unpaired) electrons. The summed E-state index contributed by atoms with van der Waals surface area (Å²) in [6.07, 6.45) is 7.70. The zero-order valence-corrected chi connectivity index (χ0v) is 30.9. The van der Waals surface area contributed by atoms with Crippen molar-refractivity contribution in [3.63, 3.8) is 0 Å². The molecule has 9 aromatic rings. The highest BCUT2D eigenvalue weighted by Crippen LogP contribution is 2.38. The van der Waals surface area contributed by atoms with Crippen LogP contribution in [0.3, 0.4) is 0 Å². The largest absolute Gasteiger partial charge is 0.383 e. The highest BCUT2D eigenvalue weighted by atomic mass is 15.2. The predicted molar refractivity (Wildman–Crippen MR) is 233 cm³/mol. The van der Waals surface area contributed by atoms with Crippen LogP contribution in [0.25, 0.3) is 66.1 Å². The molecule has 0 saturated heterocycles. The highest BCUT2D eigenvalue weighted by molar-refractivity contribution is 6.12. The van der Waals surface area contributed by atoms with E-state index in [0.29, 0.717) is 0 Å². The number of nitrogens with two attached hydrogens (primary N) is 1. The topological polar surface area (TPSA) is 72.0 Å². The number of allylic oxidation sites excluding steroid dienone is 2. The molecule has 1 aliphatic heterocycles. The van der Waals surface area contributed by atoms with Gasteiger partial charge in [0.2, 0.25) is 0 Å². The lowest BCUT2D eigenvalue weighted by Gasteiger charge is -2.27. The van der Waals surface area contributed by atoms with Crippen LogP contribution in [0, 0.1) is 0 Å². The van der Waals surface area contributed by atoms with E-state index in [1.807, 2.05) is 30.5 Å². The van der Waals surface area contributed by atoms with E-state index in [9.17, 15) is 0 Å². The molecule has 0 saturated carbocycles. The normalized spacial score (nSPS) is 15.1. The molecule has 5 N–H and O–H groups in total. The summed E-state index contributed by atoms with van der Waals surface area (Å²) in [5, 5.41) is 15.8. The van der Waals surface area contributed by atoms with E-state index in [0.717, 1.165) is 34.6 Å². The number of rotatable bonds is 10. The van der Waals surface area contributed by atoms with E-state index >= 15 is 0 Å². The second kappa shape index (κ2) is 14.5. The van der Waals surface area contributed by atoms with E-state index < -0.39 is 0 Å². The number of hydrogen-bond acceptors (Lipinski definition) is 4. The zero-order chi connectivity index (χ0) is 37.4. The monoisotopic (exact) mass is 726 g/mol. The van der Waals surface area contributed by atoms with Gasteiger partial charge in [-0.2, -0.15) is 0 Å². The first-order chi connectivity index (χ1) is 27.7. The Balaban J connectivity index is 1.05. The molecular weight excluding hydrogens is 685 g/mol. The Morgan fingerprint density at radius 1 is 0.518 bits per heavy atom. The minimum absolute atomic E-state index is 0.176. The van der Waals surface area contributed by atoms with Crippen molar-refractivity contribution in [1.82, 2.24) is 25.1 Å². The van der Waals surface area contributed by atoms with Gasteiger partial charge in [-0.15, -0.1) is 0 Å². The molecule has 7 aromatic carbocycles. The maximum Gasteiger partial charge on any atom is 0.0851 e. The molecule has 1 aliphatic rings. The fraction of sp³-hybridized carbons (Fsp3) is 0.0800. The number of para-hydroxylation sites is 3. The maximum absolute atomic E-state index is 6.77. The van der Waals surface area contributed by atoms with Crippen LogP contribution in [-0.2, 0) is 0 Å². The van der Waals surface area contributed by atoms with Gasteiger partial charge in [0.1, 0.15) is 0 Å². The SMILES string of the molecule is NC(NC(NCC1C=CC=CN1)c1cccc(-n2c3ccccc3c3cc(-c4ccc5c(c4)c4ccccc4n5-c4ccccc4)ccc32)c1)c1ccccc1. The maximum atomic E-state index is 6.77. The fourth-order valence-electron chi connectivity index (χ4n) is 8.35. The summed E-state index contributed by atoms with van der Waals surface area (Å²) in [6.45, 7) is 0.723. The second-order valence-corrected chi connectivity index (χ2v) is 14.5. The third kappa shape index (κ3) is 6.16. The van der Waals surface area contributed by atoms with Crippen LogP contribution in [0.2, 0.25) is 0 Å². The van der Waals surface area contributed by atoms with Crippen molar-refractivity contribution in [2.75, 3.05) is 6.54 Å². The van der Waals surface area contributed by atoms with Gasteiger partial charge >= 0.3 is 0 Å². The molecule has 56 heavy (non-hydrogen) atoms. The first-order valence-corrected chi connectivity index (χ1v) is 19.3. The lowest BCUT2D eigenvalue weighted by Crippen LogP contribution is -2.44. The molecule has 3 heterocycles. The molecular formula is C50H42N6. The Hall–Kier alpha value is -6.70. The first-order valence-electron chi connectivity index (χ1n) is 19.3. The first kappa shape index (κ1) is 33.8. The van der Waals surface area contributed by atoms with Gasteiger partial charge in [0.05, 0.1) is 40.4 Å². The van der Waals surface area contributed by atoms with Crippen molar-refractivity contribution < 1.29 is 0 Å². The van der Waals surface area contributed by atoms with Crippen LogP contribution < -0.4 is 21.7 Å². The molecule has 3 atom stereocenters. The number of aromatic nitrogens is 2. The van der Waals surface area contributed by atoms with E-state index in [1.165, 1.54) is 49.2 Å². The third-order valence-corrected chi connectivity index (χ3v) is 11.1. The minimum Gasteiger partial charge on any atom is -0.383 e. The molecule has 6 nitrogen and oxygen atoms in total. The highest BCUT2D eigenvalue weighted by Gasteiger charge is 2.20. The predicted octanol–water partition coefficient (Wildman–Crippen LogP) is 10.4. The van der Waals surface area contributed by atoms with Crippen molar-refractivity contribution in [3.8, 4) is 22.5 Å². The standard InChI is InChI=1S/C50H42N6/c51-49(34-14-3-1-4-15-34)54-50(53-33-38-17-11-12-29-52-38)37-16-13-20-40(30-37)56-46-24-10-8-22-42(46)44-32-36(26-28-48(44)56)35-25-27-47-43(31-35)41-21-7-9-23-45(41)55(47)39-18-5-2-6-19-39/h1-32,38,49-50,52-54H,33,51H2. The van der Waals surface area contributed by atoms with Gasteiger partial charge in [-0.05, 0) is 95.2 Å². The lowest BCUT2D eigenvalue weighted by atomic mass is 10.0. The molecule has 2 aromatic heterocycles. The molecule has 10 rings (SSSR count). The third-order valence-electron chi connectivity index (χ3n) is 11.1. The smallest absolute Gasteiger partial charge is 0.0851 e. The summed E-state index contributed by atoms with van der Waals surface area (Å²) in [4.78, 5) is 0. The van der Waals surface area contributed by atoms with Crippen LogP contribution >= 0.6 is 0 Å². The molecule has 0 bridgehead atoms. The molecule has 0 spiro atoms. The summed E-state index contributed by atoms with van der Waals surface area (Å²) < 4.78 is 4.75. The molecule has 0 amide bonds. The molecule has 272 valence electrons. The summed E-state index contributed by atoms with van der Waals surface area (Å²) in [5.74, 6) is 0. The average Bonchev–Trinajstić information content (AvgIpc) is 3.78. The van der Waals surface area contributed by atoms with Crippen LogP contribution in [0.1, 0.15) is 23.5 Å². The number of fused-ring (bicyclic) bond motifs is 6. The summed E-state index contributed by atoms with van der Waals surface area (Å²) >= 11 is 0. The summed E-state index contributed by atoms with van der Waals surface area (Å²) in [7, 11) is 0. The molecule has 3 unspecified atom stereocenters. The van der Waals surface area contributed by atoms with Crippen molar-refractivity contribution in [3.05, 3.63) is 205 Å². The number of dihydropyridines is 1.